The van der Waals surface area contributed by atoms with Gasteiger partial charge in [0, 0.05) is 0 Å². The predicted octanol–water partition coefficient (Wildman–Crippen LogP) is 4.07. The molecule has 0 aliphatic rings. The van der Waals surface area contributed by atoms with E-state index in [-0.39, 0.29) is 6.07 Å². The monoisotopic (exact) mass is 389 g/mol. The molecule has 0 atom stereocenters. The van der Waals surface area contributed by atoms with Crippen molar-refractivity contribution in [3.8, 4) is 5.75 Å². The van der Waals surface area contributed by atoms with Crippen LogP contribution >= 0.6 is 22.6 Å². The zero-order chi connectivity index (χ0) is 14.1. The van der Waals surface area contributed by atoms with Gasteiger partial charge >= 0.3 is 12.5 Å². The molecule has 0 radical (unpaired) electrons. The van der Waals surface area contributed by atoms with E-state index in [0.29, 0.717) is 0 Å². The highest BCUT2D eigenvalue weighted by molar-refractivity contribution is 14.1. The third-order valence-electron chi connectivity index (χ3n) is 1.67. The Kier molecular flexibility index (Phi) is 4.28. The number of pyridine rings is 1. The minimum atomic E-state index is -5.22. The third kappa shape index (κ3) is 3.85. The lowest BCUT2D eigenvalue weighted by molar-refractivity contribution is -0.275. The molecular formula is C8H3F7INO. The van der Waals surface area contributed by atoms with Gasteiger partial charge in [-0.15, -0.1) is 13.2 Å². The highest BCUT2D eigenvalue weighted by atomic mass is 127. The van der Waals surface area contributed by atoms with Crippen LogP contribution in [0.2, 0.25) is 0 Å². The second-order valence-electron chi connectivity index (χ2n) is 2.95. The maximum absolute atomic E-state index is 12.4. The Morgan fingerprint density at radius 1 is 1.17 bits per heavy atom. The molecule has 0 amide bonds. The first-order valence-corrected chi connectivity index (χ1v) is 5.21. The molecule has 0 fully saturated rings. The molecule has 0 aliphatic carbocycles. The summed E-state index contributed by atoms with van der Waals surface area (Å²) in [6.07, 6.45) is -10.1. The first kappa shape index (κ1) is 15.2. The summed E-state index contributed by atoms with van der Waals surface area (Å²) in [6.45, 7) is -1.47. The Morgan fingerprint density at radius 3 is 2.11 bits per heavy atom. The van der Waals surface area contributed by atoms with Gasteiger partial charge in [-0.25, -0.2) is 9.37 Å². The summed E-state index contributed by atoms with van der Waals surface area (Å²) in [4.78, 5) is 3.11. The summed E-state index contributed by atoms with van der Waals surface area (Å²) in [7, 11) is 0. The van der Waals surface area contributed by atoms with E-state index in [1.54, 1.807) is 0 Å². The maximum Gasteiger partial charge on any atom is 0.573 e. The summed E-state index contributed by atoms with van der Waals surface area (Å²) in [6, 6.07) is 0.0805. The first-order chi connectivity index (χ1) is 8.04. The van der Waals surface area contributed by atoms with Gasteiger partial charge in [0.2, 0.25) is 0 Å². The first-order valence-electron chi connectivity index (χ1n) is 4.13. The molecule has 0 aliphatic heterocycles. The number of hydrogen-bond acceptors (Lipinski definition) is 2. The zero-order valence-corrected chi connectivity index (χ0v) is 10.3. The van der Waals surface area contributed by atoms with Crippen molar-refractivity contribution in [1.82, 2.24) is 4.98 Å². The summed E-state index contributed by atoms with van der Waals surface area (Å²) < 4.78 is 88.1. The van der Waals surface area contributed by atoms with E-state index in [0.717, 1.165) is 22.6 Å². The largest absolute Gasteiger partial charge is 0.573 e. The van der Waals surface area contributed by atoms with Crippen LogP contribution in [0.3, 0.4) is 0 Å². The van der Waals surface area contributed by atoms with Gasteiger partial charge < -0.3 is 4.74 Å². The molecule has 102 valence electrons. The molecule has 0 saturated heterocycles. The minimum Gasteiger partial charge on any atom is -0.404 e. The van der Waals surface area contributed by atoms with E-state index < -0.39 is 39.9 Å². The molecule has 2 nitrogen and oxygen atoms in total. The molecule has 0 spiro atoms. The van der Waals surface area contributed by atoms with Crippen LogP contribution in [0.5, 0.6) is 5.75 Å². The van der Waals surface area contributed by atoms with Crippen LogP contribution in [0.15, 0.2) is 6.07 Å². The van der Waals surface area contributed by atoms with Crippen LogP contribution in [-0.4, -0.2) is 11.3 Å². The summed E-state index contributed by atoms with van der Waals surface area (Å²) >= 11 is 1.15. The Bertz CT molecular complexity index is 442. The fourth-order valence-electron chi connectivity index (χ4n) is 1.02. The number of alkyl halides is 7. The van der Waals surface area contributed by atoms with Gasteiger partial charge in [-0.3, -0.25) is 0 Å². The normalized spacial score (nSPS) is 12.7. The number of halogens is 8. The maximum atomic E-state index is 12.4. The van der Waals surface area contributed by atoms with Gasteiger partial charge in [0.1, 0.15) is 16.1 Å². The van der Waals surface area contributed by atoms with E-state index in [2.05, 4.69) is 9.72 Å². The lowest BCUT2D eigenvalue weighted by Gasteiger charge is -2.15. The molecule has 0 saturated carbocycles. The van der Waals surface area contributed by atoms with Crippen molar-refractivity contribution >= 4 is 22.6 Å². The van der Waals surface area contributed by atoms with Gasteiger partial charge in [0.05, 0.1) is 5.56 Å². The van der Waals surface area contributed by atoms with Gasteiger partial charge in [-0.05, 0) is 28.7 Å². The number of hydrogen-bond donors (Lipinski definition) is 0. The van der Waals surface area contributed by atoms with E-state index in [4.69, 9.17) is 0 Å². The molecule has 0 N–H and O–H groups in total. The lowest BCUT2D eigenvalue weighted by atomic mass is 10.2. The zero-order valence-electron chi connectivity index (χ0n) is 8.16. The van der Waals surface area contributed by atoms with Gasteiger partial charge in [0.25, 0.3) is 0 Å². The van der Waals surface area contributed by atoms with Crippen molar-refractivity contribution in [1.29, 1.82) is 0 Å². The van der Waals surface area contributed by atoms with Gasteiger partial charge in [-0.2, -0.15) is 13.2 Å². The number of ether oxygens (including phenoxy) is 1. The number of nitrogens with zero attached hydrogens (tertiary/aromatic N) is 1. The van der Waals surface area contributed by atoms with Crippen molar-refractivity contribution in [3.05, 3.63) is 21.0 Å². The molecule has 1 aromatic heterocycles. The smallest absolute Gasteiger partial charge is 0.404 e. The van der Waals surface area contributed by atoms with Crippen molar-refractivity contribution in [2.75, 3.05) is 0 Å². The van der Waals surface area contributed by atoms with Crippen LogP contribution < -0.4 is 4.74 Å². The quantitative estimate of drug-likeness (QED) is 0.432. The summed E-state index contributed by atoms with van der Waals surface area (Å²) in [5.74, 6) is -1.29. The fraction of sp³-hybridized carbons (Fsp3) is 0.375. The minimum absolute atomic E-state index is 0.0805. The van der Waals surface area contributed by atoms with Crippen molar-refractivity contribution in [3.63, 3.8) is 0 Å². The standard InChI is InChI=1S/C8H3F7INO/c9-2-4-5(18-8(13,14)15)1-3(6(16)17-4)7(10,11)12/h1H,2H2. The van der Waals surface area contributed by atoms with E-state index >= 15 is 0 Å². The summed E-state index contributed by atoms with van der Waals surface area (Å²) in [5.41, 5.74) is -2.26. The third-order valence-corrected chi connectivity index (χ3v) is 2.50. The molecule has 1 heterocycles. The van der Waals surface area contributed by atoms with Crippen LogP contribution in [0.4, 0.5) is 30.7 Å². The van der Waals surface area contributed by atoms with Crippen LogP contribution in [0.1, 0.15) is 11.3 Å². The van der Waals surface area contributed by atoms with Gasteiger partial charge in [-0.1, -0.05) is 0 Å². The molecule has 18 heavy (non-hydrogen) atoms. The Labute approximate surface area is 109 Å². The highest BCUT2D eigenvalue weighted by Gasteiger charge is 2.38. The molecule has 0 bridgehead atoms. The molecule has 10 heteroatoms. The SMILES string of the molecule is FCc1nc(I)c(C(F)(F)F)cc1OC(F)(F)F. The molecule has 1 aromatic rings. The second kappa shape index (κ2) is 5.05. The average Bonchev–Trinajstić information content (AvgIpc) is 2.16. The Hall–Kier alpha value is -0.810. The number of rotatable bonds is 2. The van der Waals surface area contributed by atoms with Crippen LogP contribution in [0.25, 0.3) is 0 Å². The predicted molar refractivity (Wildman–Crippen MR) is 53.5 cm³/mol. The highest BCUT2D eigenvalue weighted by Crippen LogP contribution is 2.37. The average molecular weight is 389 g/mol. The van der Waals surface area contributed by atoms with E-state index in [1.807, 2.05) is 0 Å². The molecule has 1 rings (SSSR count). The van der Waals surface area contributed by atoms with Crippen LogP contribution in [-0.2, 0) is 12.9 Å². The van der Waals surface area contributed by atoms with Crippen molar-refractivity contribution < 1.29 is 35.5 Å². The lowest BCUT2D eigenvalue weighted by Crippen LogP contribution is -2.20. The molecular weight excluding hydrogens is 386 g/mol. The Balaban J connectivity index is 3.31. The van der Waals surface area contributed by atoms with Crippen molar-refractivity contribution in [2.45, 2.75) is 19.2 Å². The van der Waals surface area contributed by atoms with E-state index in [9.17, 15) is 30.7 Å². The number of aromatic nitrogens is 1. The van der Waals surface area contributed by atoms with Crippen LogP contribution in [0, 0.1) is 3.70 Å². The summed E-state index contributed by atoms with van der Waals surface area (Å²) in [5, 5.41) is 0. The Morgan fingerprint density at radius 2 is 1.72 bits per heavy atom. The van der Waals surface area contributed by atoms with Crippen molar-refractivity contribution in [2.24, 2.45) is 0 Å². The molecule has 0 aromatic carbocycles. The van der Waals surface area contributed by atoms with E-state index in [1.165, 1.54) is 0 Å². The topological polar surface area (TPSA) is 22.1 Å². The fourth-order valence-corrected chi connectivity index (χ4v) is 1.77. The molecule has 0 unspecified atom stereocenters. The second-order valence-corrected chi connectivity index (χ2v) is 3.97. The van der Waals surface area contributed by atoms with Gasteiger partial charge in [0.15, 0.2) is 5.75 Å².